The van der Waals surface area contributed by atoms with E-state index >= 15 is 0 Å². The number of hydrogen-bond donors (Lipinski definition) is 1. The molecule has 2 rings (SSSR count). The topological polar surface area (TPSA) is 55.4 Å². The molecule has 0 saturated carbocycles. The van der Waals surface area contributed by atoms with Gasteiger partial charge in [0.2, 0.25) is 5.91 Å². The molecule has 0 unspecified atom stereocenters. The summed E-state index contributed by atoms with van der Waals surface area (Å²) in [6.07, 6.45) is 2.77. The van der Waals surface area contributed by atoms with Gasteiger partial charge in [-0.1, -0.05) is 66.7 Å². The zero-order chi connectivity index (χ0) is 19.0. The molecule has 4 heteroatoms. The minimum absolute atomic E-state index is 0.241. The molecule has 136 valence electrons. The van der Waals surface area contributed by atoms with Crippen LogP contribution in [0.4, 0.5) is 0 Å². The van der Waals surface area contributed by atoms with Gasteiger partial charge in [0.25, 0.3) is 0 Å². The summed E-state index contributed by atoms with van der Waals surface area (Å²) in [5, 5.41) is 2.88. The molecule has 1 N–H and O–H groups in total. The van der Waals surface area contributed by atoms with Crippen molar-refractivity contribution in [3.05, 3.63) is 84.4 Å². The van der Waals surface area contributed by atoms with Crippen molar-refractivity contribution in [2.45, 2.75) is 31.2 Å². The predicted molar refractivity (Wildman–Crippen MR) is 103 cm³/mol. The molecule has 0 aliphatic carbocycles. The molecule has 0 radical (unpaired) electrons. The van der Waals surface area contributed by atoms with Gasteiger partial charge in [-0.2, -0.15) is 0 Å². The molecule has 1 amide bonds. The molecule has 0 fully saturated rings. The number of benzene rings is 2. The Balaban J connectivity index is 2.40. The highest BCUT2D eigenvalue weighted by Crippen LogP contribution is 2.32. The summed E-state index contributed by atoms with van der Waals surface area (Å²) >= 11 is 0. The van der Waals surface area contributed by atoms with Crippen LogP contribution >= 0.6 is 0 Å². The van der Waals surface area contributed by atoms with Crippen LogP contribution in [0.1, 0.15) is 30.9 Å². The van der Waals surface area contributed by atoms with Crippen LogP contribution in [0.2, 0.25) is 0 Å². The second-order valence-electron chi connectivity index (χ2n) is 6.27. The van der Waals surface area contributed by atoms with E-state index in [0.29, 0.717) is 12.8 Å². The van der Waals surface area contributed by atoms with Crippen LogP contribution in [0.25, 0.3) is 0 Å². The van der Waals surface area contributed by atoms with Crippen molar-refractivity contribution in [2.24, 2.45) is 0 Å². The first kappa shape index (κ1) is 19.4. The number of ether oxygens (including phenoxy) is 1. The fourth-order valence-corrected chi connectivity index (χ4v) is 2.95. The van der Waals surface area contributed by atoms with Crippen LogP contribution in [-0.4, -0.2) is 25.0 Å². The molecule has 0 bridgehead atoms. The summed E-state index contributed by atoms with van der Waals surface area (Å²) in [4.78, 5) is 25.4. The van der Waals surface area contributed by atoms with E-state index in [1.165, 1.54) is 7.11 Å². The average Bonchev–Trinajstić information content (AvgIpc) is 2.70. The summed E-state index contributed by atoms with van der Waals surface area (Å²) in [5.74, 6) is -0.696. The second-order valence-corrected chi connectivity index (χ2v) is 6.27. The zero-order valence-electron chi connectivity index (χ0n) is 15.3. The van der Waals surface area contributed by atoms with E-state index in [4.69, 9.17) is 4.74 Å². The van der Waals surface area contributed by atoms with E-state index in [1.54, 1.807) is 6.08 Å². The van der Waals surface area contributed by atoms with Crippen LogP contribution in [0.3, 0.4) is 0 Å². The van der Waals surface area contributed by atoms with Gasteiger partial charge in [0, 0.05) is 0 Å². The van der Waals surface area contributed by atoms with Gasteiger partial charge in [-0.05, 0) is 30.9 Å². The van der Waals surface area contributed by atoms with E-state index in [2.05, 4.69) is 11.9 Å². The number of rotatable bonds is 8. The molecule has 0 heterocycles. The molecule has 0 saturated heterocycles. The monoisotopic (exact) mass is 351 g/mol. The fourth-order valence-electron chi connectivity index (χ4n) is 2.95. The van der Waals surface area contributed by atoms with Crippen LogP contribution in [0, 0.1) is 0 Å². The van der Waals surface area contributed by atoms with Gasteiger partial charge in [-0.25, -0.2) is 4.79 Å². The van der Waals surface area contributed by atoms with Gasteiger partial charge in [0.1, 0.15) is 6.04 Å². The Morgan fingerprint density at radius 1 is 1.08 bits per heavy atom. The first-order valence-corrected chi connectivity index (χ1v) is 8.64. The van der Waals surface area contributed by atoms with Gasteiger partial charge in [-0.15, -0.1) is 6.58 Å². The SMILES string of the molecule is C=CCC[C@@H](NC(=O)C(C)(c1ccccc1)c1ccccc1)C(=O)OC. The van der Waals surface area contributed by atoms with Gasteiger partial charge in [-0.3, -0.25) is 4.79 Å². The molecule has 1 atom stereocenters. The third kappa shape index (κ3) is 4.20. The lowest BCUT2D eigenvalue weighted by atomic mass is 9.75. The van der Waals surface area contributed by atoms with E-state index < -0.39 is 17.4 Å². The minimum Gasteiger partial charge on any atom is -0.467 e. The normalized spacial score (nSPS) is 12.1. The number of methoxy groups -OCH3 is 1. The summed E-state index contributed by atoms with van der Waals surface area (Å²) in [6.45, 7) is 5.55. The predicted octanol–water partition coefficient (Wildman–Crippen LogP) is 3.62. The quantitative estimate of drug-likeness (QED) is 0.584. The summed E-state index contributed by atoms with van der Waals surface area (Å²) in [7, 11) is 1.32. The standard InChI is InChI=1S/C22H25NO3/c1-4-5-16-19(20(24)26-3)23-21(25)22(2,17-12-8-6-9-13-17)18-14-10-7-11-15-18/h4,6-15,19H,1,5,16H2,2-3H3,(H,23,25)/t19-/m1/s1. The molecule has 0 aliphatic heterocycles. The Morgan fingerprint density at radius 3 is 2.00 bits per heavy atom. The molecular formula is C22H25NO3. The maximum absolute atomic E-state index is 13.3. The van der Waals surface area contributed by atoms with Gasteiger partial charge >= 0.3 is 5.97 Å². The van der Waals surface area contributed by atoms with Crippen molar-refractivity contribution in [1.29, 1.82) is 0 Å². The van der Waals surface area contributed by atoms with Crippen LogP contribution in [0.5, 0.6) is 0 Å². The minimum atomic E-state index is -0.928. The maximum atomic E-state index is 13.3. The molecule has 2 aromatic carbocycles. The highest BCUT2D eigenvalue weighted by Gasteiger charge is 2.38. The van der Waals surface area contributed by atoms with E-state index in [9.17, 15) is 9.59 Å². The zero-order valence-corrected chi connectivity index (χ0v) is 15.3. The Labute approximate surface area is 154 Å². The van der Waals surface area contributed by atoms with Crippen molar-refractivity contribution in [3.63, 3.8) is 0 Å². The van der Waals surface area contributed by atoms with Crippen LogP contribution in [0.15, 0.2) is 73.3 Å². The molecule has 2 aromatic rings. The molecular weight excluding hydrogens is 326 g/mol. The lowest BCUT2D eigenvalue weighted by Crippen LogP contribution is -2.50. The average molecular weight is 351 g/mol. The van der Waals surface area contributed by atoms with E-state index in [0.717, 1.165) is 11.1 Å². The van der Waals surface area contributed by atoms with Crippen molar-refractivity contribution in [2.75, 3.05) is 7.11 Å². The summed E-state index contributed by atoms with van der Waals surface area (Å²) < 4.78 is 4.85. The van der Waals surface area contributed by atoms with Gasteiger partial charge in [0.05, 0.1) is 12.5 Å². The Hall–Kier alpha value is -2.88. The Morgan fingerprint density at radius 2 is 1.58 bits per heavy atom. The number of nitrogens with one attached hydrogen (secondary N) is 1. The number of allylic oxidation sites excluding steroid dienone is 1. The number of amides is 1. The molecule has 0 spiro atoms. The highest BCUT2D eigenvalue weighted by molar-refractivity contribution is 5.94. The van der Waals surface area contributed by atoms with Crippen LogP contribution < -0.4 is 5.32 Å². The second kappa shape index (κ2) is 8.99. The first-order valence-electron chi connectivity index (χ1n) is 8.64. The molecule has 26 heavy (non-hydrogen) atoms. The highest BCUT2D eigenvalue weighted by atomic mass is 16.5. The summed E-state index contributed by atoms with van der Waals surface area (Å²) in [5.41, 5.74) is 0.787. The molecule has 4 nitrogen and oxygen atoms in total. The van der Waals surface area contributed by atoms with Crippen molar-refractivity contribution < 1.29 is 14.3 Å². The molecule has 0 aliphatic rings. The third-order valence-corrected chi connectivity index (χ3v) is 4.61. The fraction of sp³-hybridized carbons (Fsp3) is 0.273. The third-order valence-electron chi connectivity index (χ3n) is 4.61. The smallest absolute Gasteiger partial charge is 0.328 e. The number of hydrogen-bond acceptors (Lipinski definition) is 3. The van der Waals surface area contributed by atoms with Crippen molar-refractivity contribution in [1.82, 2.24) is 5.32 Å². The largest absolute Gasteiger partial charge is 0.467 e. The lowest BCUT2D eigenvalue weighted by Gasteiger charge is -2.31. The van der Waals surface area contributed by atoms with Crippen molar-refractivity contribution >= 4 is 11.9 Å². The number of carbonyl (C=O) groups is 2. The van der Waals surface area contributed by atoms with E-state index in [1.807, 2.05) is 67.6 Å². The first-order chi connectivity index (χ1) is 12.5. The summed E-state index contributed by atoms with van der Waals surface area (Å²) in [6, 6.07) is 18.4. The number of esters is 1. The lowest BCUT2D eigenvalue weighted by molar-refractivity contribution is -0.145. The van der Waals surface area contributed by atoms with Crippen molar-refractivity contribution in [3.8, 4) is 0 Å². The Kier molecular flexibility index (Phi) is 6.73. The van der Waals surface area contributed by atoms with Gasteiger partial charge in [0.15, 0.2) is 0 Å². The van der Waals surface area contributed by atoms with Gasteiger partial charge < -0.3 is 10.1 Å². The number of carbonyl (C=O) groups excluding carboxylic acids is 2. The van der Waals surface area contributed by atoms with Crippen LogP contribution in [-0.2, 0) is 19.7 Å². The molecule has 0 aromatic heterocycles. The Bertz CT molecular complexity index is 701. The van der Waals surface area contributed by atoms with E-state index in [-0.39, 0.29) is 5.91 Å². The maximum Gasteiger partial charge on any atom is 0.328 e.